The summed E-state index contributed by atoms with van der Waals surface area (Å²) in [5.41, 5.74) is 9.19. The van der Waals surface area contributed by atoms with Crippen LogP contribution in [0.1, 0.15) is 15.9 Å². The molecule has 0 saturated carbocycles. The Hall–Kier alpha value is -2.68. The lowest BCUT2D eigenvalue weighted by Crippen LogP contribution is -2.11. The number of aryl methyl sites for hydroxylation is 1. The first-order chi connectivity index (χ1) is 9.66. The van der Waals surface area contributed by atoms with Crippen LogP contribution < -0.4 is 5.73 Å². The predicted octanol–water partition coefficient (Wildman–Crippen LogP) is 3.31. The lowest BCUT2D eigenvalue weighted by Gasteiger charge is -2.09. The van der Waals surface area contributed by atoms with Crippen LogP contribution in [0.15, 0.2) is 54.9 Å². The molecule has 3 aromatic rings. The molecular formula is C17H14N2O. The summed E-state index contributed by atoms with van der Waals surface area (Å²) in [6.45, 7) is 2.01. The number of aromatic nitrogens is 1. The van der Waals surface area contributed by atoms with Crippen LogP contribution in [-0.4, -0.2) is 10.9 Å². The molecule has 3 nitrogen and oxygen atoms in total. The average molecular weight is 262 g/mol. The number of rotatable bonds is 2. The standard InChI is InChI=1S/C17H14N2O/c1-11-8-12(10-19-9-11)13-4-2-6-15-14(13)5-3-7-16(15)17(18)20/h2-10H,1H3,(H2,18,20). The molecule has 0 aliphatic carbocycles. The molecule has 0 atom stereocenters. The van der Waals surface area contributed by atoms with Crippen molar-refractivity contribution >= 4 is 16.7 Å². The first-order valence-electron chi connectivity index (χ1n) is 6.40. The number of amides is 1. The van der Waals surface area contributed by atoms with E-state index < -0.39 is 5.91 Å². The van der Waals surface area contributed by atoms with E-state index in [0.717, 1.165) is 27.5 Å². The zero-order valence-corrected chi connectivity index (χ0v) is 11.1. The van der Waals surface area contributed by atoms with Gasteiger partial charge in [-0.15, -0.1) is 0 Å². The van der Waals surface area contributed by atoms with Gasteiger partial charge < -0.3 is 5.73 Å². The molecule has 0 saturated heterocycles. The normalized spacial score (nSPS) is 10.7. The van der Waals surface area contributed by atoms with Crippen LogP contribution in [0, 0.1) is 6.92 Å². The Kier molecular flexibility index (Phi) is 2.95. The zero-order chi connectivity index (χ0) is 14.1. The van der Waals surface area contributed by atoms with E-state index in [4.69, 9.17) is 5.73 Å². The molecule has 3 rings (SSSR count). The highest BCUT2D eigenvalue weighted by Crippen LogP contribution is 2.30. The quantitative estimate of drug-likeness (QED) is 0.770. The summed E-state index contributed by atoms with van der Waals surface area (Å²) in [5.74, 6) is -0.407. The fourth-order valence-electron chi connectivity index (χ4n) is 2.48. The number of nitrogens with two attached hydrogens (primary N) is 1. The molecule has 20 heavy (non-hydrogen) atoms. The predicted molar refractivity (Wildman–Crippen MR) is 80.4 cm³/mol. The van der Waals surface area contributed by atoms with Gasteiger partial charge in [-0.1, -0.05) is 30.3 Å². The number of carbonyl (C=O) groups excluding carboxylic acids is 1. The maximum Gasteiger partial charge on any atom is 0.249 e. The number of fused-ring (bicyclic) bond motifs is 1. The fraction of sp³-hybridized carbons (Fsp3) is 0.0588. The summed E-state index contributed by atoms with van der Waals surface area (Å²) in [6, 6.07) is 13.6. The van der Waals surface area contributed by atoms with E-state index >= 15 is 0 Å². The molecule has 1 aromatic heterocycles. The van der Waals surface area contributed by atoms with Gasteiger partial charge in [0.15, 0.2) is 0 Å². The minimum Gasteiger partial charge on any atom is -0.366 e. The van der Waals surface area contributed by atoms with Gasteiger partial charge in [-0.3, -0.25) is 9.78 Å². The van der Waals surface area contributed by atoms with Crippen LogP contribution in [-0.2, 0) is 0 Å². The molecule has 1 amide bonds. The van der Waals surface area contributed by atoms with Crippen LogP contribution in [0.4, 0.5) is 0 Å². The Labute approximate surface area is 117 Å². The molecule has 2 N–H and O–H groups in total. The molecule has 0 bridgehead atoms. The van der Waals surface area contributed by atoms with Crippen molar-refractivity contribution < 1.29 is 4.79 Å². The third-order valence-electron chi connectivity index (χ3n) is 3.37. The lowest BCUT2D eigenvalue weighted by atomic mass is 9.96. The molecule has 2 aromatic carbocycles. The largest absolute Gasteiger partial charge is 0.366 e. The van der Waals surface area contributed by atoms with E-state index in [1.165, 1.54) is 0 Å². The number of primary amides is 1. The molecule has 0 aliphatic rings. The van der Waals surface area contributed by atoms with Crippen molar-refractivity contribution in [3.63, 3.8) is 0 Å². The molecular weight excluding hydrogens is 248 g/mol. The van der Waals surface area contributed by atoms with E-state index in [2.05, 4.69) is 11.1 Å². The van der Waals surface area contributed by atoms with Gasteiger partial charge in [-0.2, -0.15) is 0 Å². The van der Waals surface area contributed by atoms with E-state index in [0.29, 0.717) is 5.56 Å². The topological polar surface area (TPSA) is 56.0 Å². The Balaban J connectivity index is 2.33. The molecule has 0 fully saturated rings. The SMILES string of the molecule is Cc1cncc(-c2cccc3c(C(N)=O)cccc23)c1. The van der Waals surface area contributed by atoms with Gasteiger partial charge in [0.05, 0.1) is 0 Å². The van der Waals surface area contributed by atoms with Gasteiger partial charge in [0, 0.05) is 23.5 Å². The second kappa shape index (κ2) is 4.78. The van der Waals surface area contributed by atoms with Crippen LogP contribution >= 0.6 is 0 Å². The first kappa shape index (κ1) is 12.4. The van der Waals surface area contributed by atoms with Gasteiger partial charge in [0.2, 0.25) is 5.91 Å². The summed E-state index contributed by atoms with van der Waals surface area (Å²) < 4.78 is 0. The van der Waals surface area contributed by atoms with Crippen LogP contribution in [0.3, 0.4) is 0 Å². The van der Waals surface area contributed by atoms with Gasteiger partial charge in [-0.05, 0) is 41.0 Å². The summed E-state index contributed by atoms with van der Waals surface area (Å²) >= 11 is 0. The highest BCUT2D eigenvalue weighted by Gasteiger charge is 2.09. The van der Waals surface area contributed by atoms with Crippen molar-refractivity contribution in [3.8, 4) is 11.1 Å². The minimum atomic E-state index is -0.407. The van der Waals surface area contributed by atoms with E-state index in [-0.39, 0.29) is 0 Å². The number of benzene rings is 2. The summed E-state index contributed by atoms with van der Waals surface area (Å²) in [6.07, 6.45) is 3.65. The summed E-state index contributed by atoms with van der Waals surface area (Å²) in [4.78, 5) is 15.8. The van der Waals surface area contributed by atoms with Crippen molar-refractivity contribution in [1.82, 2.24) is 4.98 Å². The zero-order valence-electron chi connectivity index (χ0n) is 11.1. The fourth-order valence-corrected chi connectivity index (χ4v) is 2.48. The molecule has 0 aliphatic heterocycles. The monoisotopic (exact) mass is 262 g/mol. The maximum absolute atomic E-state index is 11.5. The third kappa shape index (κ3) is 2.03. The van der Waals surface area contributed by atoms with Gasteiger partial charge >= 0.3 is 0 Å². The van der Waals surface area contributed by atoms with Crippen molar-refractivity contribution in [1.29, 1.82) is 0 Å². The Morgan fingerprint density at radius 2 is 1.80 bits per heavy atom. The van der Waals surface area contributed by atoms with Crippen molar-refractivity contribution in [3.05, 3.63) is 66.0 Å². The average Bonchev–Trinajstić information content (AvgIpc) is 2.45. The van der Waals surface area contributed by atoms with Gasteiger partial charge in [0.1, 0.15) is 0 Å². The summed E-state index contributed by atoms with van der Waals surface area (Å²) in [7, 11) is 0. The Bertz CT molecular complexity index is 809. The highest BCUT2D eigenvalue weighted by molar-refractivity contribution is 6.09. The molecule has 0 unspecified atom stereocenters. The Morgan fingerprint density at radius 1 is 1.05 bits per heavy atom. The molecule has 0 radical (unpaired) electrons. The summed E-state index contributed by atoms with van der Waals surface area (Å²) in [5, 5.41) is 1.88. The number of carbonyl (C=O) groups is 1. The number of hydrogen-bond acceptors (Lipinski definition) is 2. The second-order valence-electron chi connectivity index (χ2n) is 4.82. The Morgan fingerprint density at radius 3 is 2.55 bits per heavy atom. The second-order valence-corrected chi connectivity index (χ2v) is 4.82. The van der Waals surface area contributed by atoms with Crippen LogP contribution in [0.25, 0.3) is 21.9 Å². The molecule has 1 heterocycles. The molecule has 3 heteroatoms. The lowest BCUT2D eigenvalue weighted by molar-refractivity contribution is 0.100. The molecule has 0 spiro atoms. The van der Waals surface area contributed by atoms with E-state index in [1.54, 1.807) is 6.07 Å². The smallest absolute Gasteiger partial charge is 0.249 e. The van der Waals surface area contributed by atoms with Crippen LogP contribution in [0.5, 0.6) is 0 Å². The van der Waals surface area contributed by atoms with E-state index in [1.807, 2.05) is 49.6 Å². The van der Waals surface area contributed by atoms with Crippen molar-refractivity contribution in [2.45, 2.75) is 6.92 Å². The highest BCUT2D eigenvalue weighted by atomic mass is 16.1. The molecule has 98 valence electrons. The van der Waals surface area contributed by atoms with E-state index in [9.17, 15) is 4.79 Å². The third-order valence-corrected chi connectivity index (χ3v) is 3.37. The number of hydrogen-bond donors (Lipinski definition) is 1. The van der Waals surface area contributed by atoms with Gasteiger partial charge in [0.25, 0.3) is 0 Å². The number of nitrogens with zero attached hydrogens (tertiary/aromatic N) is 1. The minimum absolute atomic E-state index is 0.407. The van der Waals surface area contributed by atoms with Gasteiger partial charge in [-0.25, -0.2) is 0 Å². The maximum atomic E-state index is 11.5. The first-order valence-corrected chi connectivity index (χ1v) is 6.40. The number of pyridine rings is 1. The van der Waals surface area contributed by atoms with Crippen LogP contribution in [0.2, 0.25) is 0 Å². The van der Waals surface area contributed by atoms with Crippen molar-refractivity contribution in [2.75, 3.05) is 0 Å². The van der Waals surface area contributed by atoms with Crippen molar-refractivity contribution in [2.24, 2.45) is 5.73 Å².